The van der Waals surface area contributed by atoms with E-state index in [1.165, 1.54) is 0 Å². The van der Waals surface area contributed by atoms with Crippen LogP contribution in [0.25, 0.3) is 0 Å². The topological polar surface area (TPSA) is 73.6 Å². The number of rotatable bonds is 1. The molecule has 0 saturated carbocycles. The van der Waals surface area contributed by atoms with Crippen molar-refractivity contribution in [3.8, 4) is 0 Å². The highest BCUT2D eigenvalue weighted by molar-refractivity contribution is 5.73. The Kier molecular flexibility index (Phi) is 2.64. The van der Waals surface area contributed by atoms with E-state index in [2.05, 4.69) is 16.4 Å². The van der Waals surface area contributed by atoms with E-state index in [1.54, 1.807) is 6.92 Å². The fourth-order valence-electron chi connectivity index (χ4n) is 0.229. The van der Waals surface area contributed by atoms with E-state index in [-0.39, 0.29) is 5.82 Å². The lowest BCUT2D eigenvalue weighted by Gasteiger charge is -1.93. The molecular formula is C4H9N3O. The summed E-state index contributed by atoms with van der Waals surface area (Å²) < 4.78 is 0. The van der Waals surface area contributed by atoms with E-state index in [4.69, 9.17) is 11.6 Å². The third-order valence-corrected chi connectivity index (χ3v) is 0.472. The summed E-state index contributed by atoms with van der Waals surface area (Å²) in [6, 6.07) is 0. The van der Waals surface area contributed by atoms with Gasteiger partial charge in [-0.1, -0.05) is 6.58 Å². The molecule has 0 aliphatic heterocycles. The molecule has 4 N–H and O–H groups in total. The molecule has 0 heterocycles. The van der Waals surface area contributed by atoms with Crippen LogP contribution in [0.3, 0.4) is 0 Å². The van der Waals surface area contributed by atoms with Crippen LogP contribution in [0.2, 0.25) is 0 Å². The number of nitrogens with two attached hydrogens (primary N) is 2. The number of aliphatic imine (C=N–C) groups is 1. The molecule has 0 aromatic rings. The van der Waals surface area contributed by atoms with Crippen LogP contribution in [0.15, 0.2) is 17.4 Å². The molecule has 4 heteroatoms. The Labute approximate surface area is 47.8 Å². The van der Waals surface area contributed by atoms with Gasteiger partial charge < -0.3 is 10.6 Å². The van der Waals surface area contributed by atoms with E-state index in [9.17, 15) is 0 Å². The van der Waals surface area contributed by atoms with Gasteiger partial charge >= 0.3 is 0 Å². The first kappa shape index (κ1) is 6.97. The first-order valence-electron chi connectivity index (χ1n) is 2.03. The van der Waals surface area contributed by atoms with Crippen molar-refractivity contribution in [1.29, 1.82) is 0 Å². The van der Waals surface area contributed by atoms with Crippen molar-refractivity contribution in [3.05, 3.63) is 12.4 Å². The highest BCUT2D eigenvalue weighted by Crippen LogP contribution is 1.81. The molecule has 0 fully saturated rings. The molecular weight excluding hydrogens is 106 g/mol. The van der Waals surface area contributed by atoms with E-state index in [0.29, 0.717) is 5.90 Å². The molecule has 0 amide bonds. The number of hydrogen-bond acceptors (Lipinski definition) is 4. The zero-order valence-corrected chi connectivity index (χ0v) is 4.72. The minimum absolute atomic E-state index is 0.188. The Morgan fingerprint density at radius 2 is 2.25 bits per heavy atom. The second-order valence-corrected chi connectivity index (χ2v) is 1.24. The fraction of sp³-hybridized carbons (Fsp3) is 0.250. The molecule has 8 heavy (non-hydrogen) atoms. The highest BCUT2D eigenvalue weighted by atomic mass is 16.6. The van der Waals surface area contributed by atoms with Gasteiger partial charge in [-0.2, -0.15) is 10.9 Å². The van der Waals surface area contributed by atoms with Gasteiger partial charge in [0.15, 0.2) is 0 Å². The van der Waals surface area contributed by atoms with E-state index < -0.39 is 0 Å². The Morgan fingerprint density at radius 3 is 2.38 bits per heavy atom. The summed E-state index contributed by atoms with van der Waals surface area (Å²) in [6.45, 7) is 4.88. The largest absolute Gasteiger partial charge is 0.396 e. The summed E-state index contributed by atoms with van der Waals surface area (Å²) in [5, 5.41) is 0. The van der Waals surface area contributed by atoms with Gasteiger partial charge in [0.1, 0.15) is 5.82 Å². The first-order valence-corrected chi connectivity index (χ1v) is 2.03. The highest BCUT2D eigenvalue weighted by Gasteiger charge is 1.83. The predicted molar refractivity (Wildman–Crippen MR) is 31.7 cm³/mol. The molecule has 0 radical (unpaired) electrons. The molecule has 0 atom stereocenters. The smallest absolute Gasteiger partial charge is 0.212 e. The van der Waals surface area contributed by atoms with Gasteiger partial charge in [0.05, 0.1) is 0 Å². The van der Waals surface area contributed by atoms with Crippen molar-refractivity contribution < 1.29 is 4.84 Å². The molecule has 0 aliphatic rings. The maximum absolute atomic E-state index is 5.05. The monoisotopic (exact) mass is 115 g/mol. The lowest BCUT2D eigenvalue weighted by Crippen LogP contribution is -2.07. The minimum Gasteiger partial charge on any atom is -0.396 e. The normalized spacial score (nSPS) is 11.0. The molecule has 46 valence electrons. The van der Waals surface area contributed by atoms with Crippen molar-refractivity contribution in [2.24, 2.45) is 16.6 Å². The first-order chi connectivity index (χ1) is 3.66. The lowest BCUT2D eigenvalue weighted by atomic mass is 10.7. The molecule has 0 aromatic heterocycles. The van der Waals surface area contributed by atoms with Crippen molar-refractivity contribution in [2.75, 3.05) is 0 Å². The molecule has 0 aliphatic carbocycles. The summed E-state index contributed by atoms with van der Waals surface area (Å²) in [4.78, 5) is 7.72. The molecule has 4 nitrogen and oxygen atoms in total. The van der Waals surface area contributed by atoms with Crippen LogP contribution in [0.4, 0.5) is 0 Å². The molecule has 0 spiro atoms. The second-order valence-electron chi connectivity index (χ2n) is 1.24. The Hall–Kier alpha value is -1.03. The van der Waals surface area contributed by atoms with Gasteiger partial charge in [0.25, 0.3) is 0 Å². The third kappa shape index (κ3) is 3.17. The van der Waals surface area contributed by atoms with Crippen LogP contribution < -0.4 is 11.6 Å². The summed E-state index contributed by atoms with van der Waals surface area (Å²) in [6.07, 6.45) is 0. The van der Waals surface area contributed by atoms with Gasteiger partial charge in [0, 0.05) is 6.92 Å². The van der Waals surface area contributed by atoms with Crippen LogP contribution >= 0.6 is 0 Å². The van der Waals surface area contributed by atoms with Gasteiger partial charge in [0.2, 0.25) is 5.90 Å². The zero-order valence-electron chi connectivity index (χ0n) is 4.72. The summed E-state index contributed by atoms with van der Waals surface area (Å²) >= 11 is 0. The van der Waals surface area contributed by atoms with Crippen LogP contribution in [0.5, 0.6) is 0 Å². The minimum atomic E-state index is 0.188. The zero-order chi connectivity index (χ0) is 6.57. The SMILES string of the molecule is C=C(N)/N=C(/C)ON. The molecule has 0 aromatic carbocycles. The fourth-order valence-corrected chi connectivity index (χ4v) is 0.229. The Balaban J connectivity index is 3.75. The number of nitrogens with zero attached hydrogens (tertiary/aromatic N) is 1. The Morgan fingerprint density at radius 1 is 1.75 bits per heavy atom. The summed E-state index contributed by atoms with van der Waals surface area (Å²) in [5.74, 6) is 5.18. The van der Waals surface area contributed by atoms with Crippen LogP contribution in [-0.2, 0) is 4.84 Å². The number of hydrogen-bond donors (Lipinski definition) is 2. The maximum Gasteiger partial charge on any atom is 0.212 e. The van der Waals surface area contributed by atoms with E-state index >= 15 is 0 Å². The van der Waals surface area contributed by atoms with Gasteiger partial charge in [-0.05, 0) is 0 Å². The second kappa shape index (κ2) is 3.04. The molecule has 0 rings (SSSR count). The van der Waals surface area contributed by atoms with Crippen molar-refractivity contribution in [2.45, 2.75) is 6.92 Å². The average Bonchev–Trinajstić information content (AvgIpc) is 1.65. The Bertz CT molecular complexity index is 118. The maximum atomic E-state index is 5.05. The molecule has 0 saturated heterocycles. The van der Waals surface area contributed by atoms with E-state index in [1.807, 2.05) is 0 Å². The van der Waals surface area contributed by atoms with Crippen molar-refractivity contribution in [3.63, 3.8) is 0 Å². The van der Waals surface area contributed by atoms with Gasteiger partial charge in [-0.3, -0.25) is 0 Å². The quantitative estimate of drug-likeness (QED) is 0.280. The van der Waals surface area contributed by atoms with Crippen LogP contribution in [0, 0.1) is 0 Å². The van der Waals surface area contributed by atoms with Crippen molar-refractivity contribution >= 4 is 5.90 Å². The van der Waals surface area contributed by atoms with Crippen molar-refractivity contribution in [1.82, 2.24) is 0 Å². The predicted octanol–water partition coefficient (Wildman–Crippen LogP) is -0.275. The van der Waals surface area contributed by atoms with Gasteiger partial charge in [-0.25, -0.2) is 0 Å². The average molecular weight is 115 g/mol. The molecule has 0 unspecified atom stereocenters. The van der Waals surface area contributed by atoms with Crippen LogP contribution in [0.1, 0.15) is 6.92 Å². The van der Waals surface area contributed by atoms with E-state index in [0.717, 1.165) is 0 Å². The third-order valence-electron chi connectivity index (χ3n) is 0.472. The van der Waals surface area contributed by atoms with Gasteiger partial charge in [-0.15, -0.1) is 0 Å². The molecule has 0 bridgehead atoms. The summed E-state index contributed by atoms with van der Waals surface area (Å²) in [7, 11) is 0. The lowest BCUT2D eigenvalue weighted by molar-refractivity contribution is 0.317. The standard InChI is InChI=1S/C4H9N3O/c1-3(5)7-4(2)8-6/h1,5-6H2,2H3/b7-4-. The van der Waals surface area contributed by atoms with Crippen LogP contribution in [-0.4, -0.2) is 5.90 Å². The summed E-state index contributed by atoms with van der Waals surface area (Å²) in [5.41, 5.74) is 5.05.